The van der Waals surface area contributed by atoms with Gasteiger partial charge in [-0.3, -0.25) is 4.57 Å². The number of aryl methyl sites for hydroxylation is 2. The van der Waals surface area contributed by atoms with Gasteiger partial charge in [0.2, 0.25) is 5.95 Å². The van der Waals surface area contributed by atoms with Crippen LogP contribution in [0.5, 0.6) is 0 Å². The van der Waals surface area contributed by atoms with E-state index in [1.54, 1.807) is 6.20 Å². The van der Waals surface area contributed by atoms with E-state index in [4.69, 9.17) is 5.73 Å². The van der Waals surface area contributed by atoms with Crippen LogP contribution in [0.1, 0.15) is 16.7 Å². The average Bonchev–Trinajstić information content (AvgIpc) is 2.69. The summed E-state index contributed by atoms with van der Waals surface area (Å²) < 4.78 is 1.96. The summed E-state index contributed by atoms with van der Waals surface area (Å²) in [6.07, 6.45) is 1.80. The summed E-state index contributed by atoms with van der Waals surface area (Å²) in [5.41, 5.74) is 11.3. The van der Waals surface area contributed by atoms with E-state index >= 15 is 0 Å². The normalized spacial score (nSPS) is 11.1. The number of imidazole rings is 1. The molecule has 4 heteroatoms. The Bertz CT molecular complexity index is 743. The minimum atomic E-state index is 0.512. The lowest BCUT2D eigenvalue weighted by Crippen LogP contribution is -2.05. The van der Waals surface area contributed by atoms with E-state index in [1.165, 1.54) is 11.1 Å². The number of rotatable bonds is 2. The lowest BCUT2D eigenvalue weighted by molar-refractivity contribution is 0.827. The van der Waals surface area contributed by atoms with Crippen LogP contribution in [0.3, 0.4) is 0 Å². The van der Waals surface area contributed by atoms with Crippen molar-refractivity contribution in [1.29, 1.82) is 0 Å². The van der Waals surface area contributed by atoms with Crippen LogP contribution in [0.2, 0.25) is 0 Å². The lowest BCUT2D eigenvalue weighted by atomic mass is 10.1. The highest BCUT2D eigenvalue weighted by molar-refractivity contribution is 5.77. The molecule has 96 valence electrons. The summed E-state index contributed by atoms with van der Waals surface area (Å²) in [6.45, 7) is 4.80. The van der Waals surface area contributed by atoms with Gasteiger partial charge in [0.1, 0.15) is 5.52 Å². The van der Waals surface area contributed by atoms with Crippen LogP contribution in [0.25, 0.3) is 11.2 Å². The molecule has 2 aromatic heterocycles. The van der Waals surface area contributed by atoms with Gasteiger partial charge < -0.3 is 5.73 Å². The summed E-state index contributed by atoms with van der Waals surface area (Å²) in [5.74, 6) is 0.512. The van der Waals surface area contributed by atoms with Crippen LogP contribution >= 0.6 is 0 Å². The summed E-state index contributed by atoms with van der Waals surface area (Å²) in [4.78, 5) is 8.81. The second-order valence-corrected chi connectivity index (χ2v) is 4.85. The first-order valence-electron chi connectivity index (χ1n) is 6.28. The Morgan fingerprint density at radius 1 is 1.21 bits per heavy atom. The van der Waals surface area contributed by atoms with Crippen molar-refractivity contribution >= 4 is 17.1 Å². The Kier molecular flexibility index (Phi) is 2.71. The highest BCUT2D eigenvalue weighted by atomic mass is 15.2. The van der Waals surface area contributed by atoms with Gasteiger partial charge in [0, 0.05) is 6.20 Å². The molecule has 0 bridgehead atoms. The molecule has 4 nitrogen and oxygen atoms in total. The quantitative estimate of drug-likeness (QED) is 0.763. The molecule has 0 unspecified atom stereocenters. The fraction of sp³-hybridized carbons (Fsp3) is 0.200. The van der Waals surface area contributed by atoms with E-state index < -0.39 is 0 Å². The molecule has 0 fully saturated rings. The third-order valence-corrected chi connectivity index (χ3v) is 3.29. The Morgan fingerprint density at radius 2 is 2.05 bits per heavy atom. The Hall–Kier alpha value is -2.36. The highest BCUT2D eigenvalue weighted by Crippen LogP contribution is 2.20. The first-order chi connectivity index (χ1) is 9.15. The summed E-state index contributed by atoms with van der Waals surface area (Å²) in [6, 6.07) is 10.3. The number of hydrogen-bond donors (Lipinski definition) is 1. The van der Waals surface area contributed by atoms with E-state index in [0.29, 0.717) is 12.5 Å². The summed E-state index contributed by atoms with van der Waals surface area (Å²) in [5, 5.41) is 0. The zero-order chi connectivity index (χ0) is 13.4. The van der Waals surface area contributed by atoms with E-state index in [1.807, 2.05) is 17.6 Å². The van der Waals surface area contributed by atoms with Gasteiger partial charge in [-0.05, 0) is 31.0 Å². The molecule has 3 aromatic rings. The monoisotopic (exact) mass is 252 g/mol. The number of anilines is 1. The van der Waals surface area contributed by atoms with Crippen LogP contribution < -0.4 is 5.73 Å². The summed E-state index contributed by atoms with van der Waals surface area (Å²) in [7, 11) is 0. The van der Waals surface area contributed by atoms with Crippen LogP contribution in [0, 0.1) is 13.8 Å². The minimum Gasteiger partial charge on any atom is -0.369 e. The molecule has 0 saturated heterocycles. The van der Waals surface area contributed by atoms with Crippen LogP contribution in [-0.4, -0.2) is 14.5 Å². The molecule has 2 N–H and O–H groups in total. The number of nitrogens with zero attached hydrogens (tertiary/aromatic N) is 3. The van der Waals surface area contributed by atoms with E-state index in [2.05, 4.69) is 41.2 Å². The molecule has 0 aliphatic heterocycles. The van der Waals surface area contributed by atoms with Gasteiger partial charge in [-0.25, -0.2) is 9.97 Å². The molecule has 0 aliphatic rings. The van der Waals surface area contributed by atoms with Gasteiger partial charge in [0.25, 0.3) is 0 Å². The van der Waals surface area contributed by atoms with Crippen molar-refractivity contribution in [3.8, 4) is 0 Å². The lowest BCUT2D eigenvalue weighted by Gasteiger charge is -2.06. The van der Waals surface area contributed by atoms with Gasteiger partial charge in [-0.1, -0.05) is 29.8 Å². The van der Waals surface area contributed by atoms with Gasteiger partial charge in [-0.2, -0.15) is 0 Å². The Morgan fingerprint density at radius 3 is 2.84 bits per heavy atom. The van der Waals surface area contributed by atoms with Crippen molar-refractivity contribution < 1.29 is 0 Å². The third kappa shape index (κ3) is 2.05. The number of nitrogens with two attached hydrogens (primary N) is 1. The average molecular weight is 252 g/mol. The molecule has 0 saturated carbocycles. The van der Waals surface area contributed by atoms with Crippen LogP contribution in [0.4, 0.5) is 5.95 Å². The summed E-state index contributed by atoms with van der Waals surface area (Å²) >= 11 is 0. The van der Waals surface area contributed by atoms with Crippen LogP contribution in [-0.2, 0) is 6.54 Å². The SMILES string of the molecule is Cc1cccc(Cn2c(N)nc3c(C)ccnc32)c1. The molecule has 3 rings (SSSR count). The smallest absolute Gasteiger partial charge is 0.202 e. The maximum absolute atomic E-state index is 6.02. The minimum absolute atomic E-state index is 0.512. The number of aromatic nitrogens is 3. The predicted molar refractivity (Wildman–Crippen MR) is 77.0 cm³/mol. The maximum Gasteiger partial charge on any atom is 0.202 e. The number of pyridine rings is 1. The molecule has 0 amide bonds. The van der Waals surface area contributed by atoms with Crippen molar-refractivity contribution in [3.05, 3.63) is 53.2 Å². The zero-order valence-corrected chi connectivity index (χ0v) is 11.1. The molecule has 0 radical (unpaired) electrons. The Labute approximate surface area is 111 Å². The zero-order valence-electron chi connectivity index (χ0n) is 11.1. The molecule has 0 atom stereocenters. The molecule has 2 heterocycles. The molecule has 0 aliphatic carbocycles. The number of fused-ring (bicyclic) bond motifs is 1. The van der Waals surface area contributed by atoms with Crippen molar-refractivity contribution in [2.24, 2.45) is 0 Å². The second-order valence-electron chi connectivity index (χ2n) is 4.85. The highest BCUT2D eigenvalue weighted by Gasteiger charge is 2.11. The fourth-order valence-corrected chi connectivity index (χ4v) is 2.30. The number of nitrogen functional groups attached to an aromatic ring is 1. The molecule has 1 aromatic carbocycles. The van der Waals surface area contributed by atoms with Gasteiger partial charge in [0.05, 0.1) is 6.54 Å². The molecule has 0 spiro atoms. The molecular formula is C15H16N4. The van der Waals surface area contributed by atoms with Crippen molar-refractivity contribution in [2.45, 2.75) is 20.4 Å². The van der Waals surface area contributed by atoms with E-state index in [-0.39, 0.29) is 0 Å². The molecular weight excluding hydrogens is 236 g/mol. The van der Waals surface area contributed by atoms with Gasteiger partial charge in [0.15, 0.2) is 5.65 Å². The van der Waals surface area contributed by atoms with Crippen molar-refractivity contribution in [3.63, 3.8) is 0 Å². The van der Waals surface area contributed by atoms with Crippen molar-refractivity contribution in [2.75, 3.05) is 5.73 Å². The molecule has 19 heavy (non-hydrogen) atoms. The first kappa shape index (κ1) is 11.7. The number of hydrogen-bond acceptors (Lipinski definition) is 3. The standard InChI is InChI=1S/C15H16N4/c1-10-4-3-5-12(8-10)9-19-14-13(18-15(19)16)11(2)6-7-17-14/h3-8H,9H2,1-2H3,(H2,16,18). The van der Waals surface area contributed by atoms with Crippen LogP contribution in [0.15, 0.2) is 36.5 Å². The first-order valence-corrected chi connectivity index (χ1v) is 6.28. The van der Waals surface area contributed by atoms with Crippen molar-refractivity contribution in [1.82, 2.24) is 14.5 Å². The Balaban J connectivity index is 2.10. The largest absolute Gasteiger partial charge is 0.369 e. The van der Waals surface area contributed by atoms with E-state index in [9.17, 15) is 0 Å². The number of benzene rings is 1. The maximum atomic E-state index is 6.02. The fourth-order valence-electron chi connectivity index (χ4n) is 2.30. The second kappa shape index (κ2) is 4.39. The topological polar surface area (TPSA) is 56.7 Å². The third-order valence-electron chi connectivity index (χ3n) is 3.29. The van der Waals surface area contributed by atoms with Gasteiger partial charge in [-0.15, -0.1) is 0 Å². The van der Waals surface area contributed by atoms with E-state index in [0.717, 1.165) is 16.7 Å². The van der Waals surface area contributed by atoms with Gasteiger partial charge >= 0.3 is 0 Å². The predicted octanol–water partition coefficient (Wildman–Crippen LogP) is 2.68.